The third-order valence-corrected chi connectivity index (χ3v) is 2.93. The first-order chi connectivity index (χ1) is 7.97. The molecule has 1 saturated carbocycles. The lowest BCUT2D eigenvalue weighted by atomic mass is 9.85. The third-order valence-electron chi connectivity index (χ3n) is 2.93. The molecule has 1 aliphatic rings. The van der Waals surface area contributed by atoms with E-state index in [2.05, 4.69) is 5.32 Å². The SMILES string of the molecule is O=C(Nc1cccc(C(F)(F)F)c1)C1CCC1. The molecule has 1 aromatic rings. The van der Waals surface area contributed by atoms with Crippen molar-refractivity contribution >= 4 is 11.6 Å². The normalized spacial score (nSPS) is 16.4. The van der Waals surface area contributed by atoms with Gasteiger partial charge in [0.15, 0.2) is 0 Å². The molecule has 0 atom stereocenters. The van der Waals surface area contributed by atoms with Crippen molar-refractivity contribution < 1.29 is 18.0 Å². The lowest BCUT2D eigenvalue weighted by molar-refractivity contribution is -0.137. The molecular formula is C12H12F3NO. The van der Waals surface area contributed by atoms with Crippen LogP contribution in [0.3, 0.4) is 0 Å². The zero-order chi connectivity index (χ0) is 12.5. The fraction of sp³-hybridized carbons (Fsp3) is 0.417. The number of nitrogens with one attached hydrogen (secondary N) is 1. The molecule has 1 aromatic carbocycles. The Bertz CT molecular complexity index is 424. The van der Waals surface area contributed by atoms with Crippen LogP contribution in [0.15, 0.2) is 24.3 Å². The Labute approximate surface area is 96.8 Å². The Morgan fingerprint density at radius 3 is 2.53 bits per heavy atom. The molecule has 5 heteroatoms. The van der Waals surface area contributed by atoms with Gasteiger partial charge in [-0.05, 0) is 31.0 Å². The molecule has 1 fully saturated rings. The maximum absolute atomic E-state index is 12.4. The van der Waals surface area contributed by atoms with E-state index in [1.54, 1.807) is 0 Å². The number of carbonyl (C=O) groups is 1. The number of halogens is 3. The Hall–Kier alpha value is -1.52. The van der Waals surface area contributed by atoms with E-state index in [-0.39, 0.29) is 17.5 Å². The summed E-state index contributed by atoms with van der Waals surface area (Å²) in [5.74, 6) is -0.222. The Morgan fingerprint density at radius 2 is 2.00 bits per heavy atom. The van der Waals surface area contributed by atoms with Crippen LogP contribution in [0, 0.1) is 5.92 Å². The molecular weight excluding hydrogens is 231 g/mol. The highest BCUT2D eigenvalue weighted by Gasteiger charge is 2.31. The average Bonchev–Trinajstić information content (AvgIpc) is 2.13. The molecule has 17 heavy (non-hydrogen) atoms. The molecule has 0 unspecified atom stereocenters. The highest BCUT2D eigenvalue weighted by molar-refractivity contribution is 5.93. The van der Waals surface area contributed by atoms with Crippen molar-refractivity contribution in [3.63, 3.8) is 0 Å². The first-order valence-electron chi connectivity index (χ1n) is 5.45. The number of rotatable bonds is 2. The van der Waals surface area contributed by atoms with Gasteiger partial charge in [-0.15, -0.1) is 0 Å². The number of amides is 1. The maximum Gasteiger partial charge on any atom is 0.416 e. The predicted molar refractivity (Wildman–Crippen MR) is 57.4 cm³/mol. The van der Waals surface area contributed by atoms with E-state index in [0.717, 1.165) is 31.4 Å². The van der Waals surface area contributed by atoms with Gasteiger partial charge >= 0.3 is 6.18 Å². The largest absolute Gasteiger partial charge is 0.416 e. The predicted octanol–water partition coefficient (Wildman–Crippen LogP) is 3.44. The lowest BCUT2D eigenvalue weighted by Crippen LogP contribution is -2.28. The average molecular weight is 243 g/mol. The van der Waals surface area contributed by atoms with E-state index in [1.165, 1.54) is 12.1 Å². The van der Waals surface area contributed by atoms with Crippen LogP contribution in [0.25, 0.3) is 0 Å². The molecule has 0 bridgehead atoms. The van der Waals surface area contributed by atoms with Gasteiger partial charge in [0.2, 0.25) is 5.91 Å². The number of alkyl halides is 3. The van der Waals surface area contributed by atoms with Gasteiger partial charge < -0.3 is 5.32 Å². The van der Waals surface area contributed by atoms with E-state index in [4.69, 9.17) is 0 Å². The summed E-state index contributed by atoms with van der Waals surface area (Å²) in [7, 11) is 0. The van der Waals surface area contributed by atoms with Gasteiger partial charge in [0, 0.05) is 11.6 Å². The third kappa shape index (κ3) is 2.78. The second-order valence-electron chi connectivity index (χ2n) is 4.20. The second-order valence-corrected chi connectivity index (χ2v) is 4.20. The zero-order valence-corrected chi connectivity index (χ0v) is 9.05. The van der Waals surface area contributed by atoms with Crippen LogP contribution >= 0.6 is 0 Å². The number of anilines is 1. The van der Waals surface area contributed by atoms with E-state index < -0.39 is 11.7 Å². The number of benzene rings is 1. The molecule has 0 aromatic heterocycles. The van der Waals surface area contributed by atoms with E-state index >= 15 is 0 Å². The van der Waals surface area contributed by atoms with Crippen LogP contribution in [-0.2, 0) is 11.0 Å². The van der Waals surface area contributed by atoms with Crippen molar-refractivity contribution in [1.29, 1.82) is 0 Å². The molecule has 2 nitrogen and oxygen atoms in total. The van der Waals surface area contributed by atoms with Crippen molar-refractivity contribution in [1.82, 2.24) is 0 Å². The van der Waals surface area contributed by atoms with E-state index in [9.17, 15) is 18.0 Å². The summed E-state index contributed by atoms with van der Waals surface area (Å²) in [5, 5.41) is 2.52. The fourth-order valence-electron chi connectivity index (χ4n) is 1.69. The summed E-state index contributed by atoms with van der Waals surface area (Å²) >= 11 is 0. The summed E-state index contributed by atoms with van der Waals surface area (Å²) in [6.45, 7) is 0. The van der Waals surface area contributed by atoms with Gasteiger partial charge in [-0.2, -0.15) is 13.2 Å². The van der Waals surface area contributed by atoms with Gasteiger partial charge in [-0.1, -0.05) is 12.5 Å². The number of hydrogen-bond donors (Lipinski definition) is 1. The molecule has 0 spiro atoms. The minimum atomic E-state index is -4.38. The summed E-state index contributed by atoms with van der Waals surface area (Å²) in [5.41, 5.74) is -0.541. The Morgan fingerprint density at radius 1 is 1.29 bits per heavy atom. The zero-order valence-electron chi connectivity index (χ0n) is 9.05. The molecule has 0 radical (unpaired) electrons. The van der Waals surface area contributed by atoms with Gasteiger partial charge in [-0.3, -0.25) is 4.79 Å². The summed E-state index contributed by atoms with van der Waals surface area (Å²) in [6.07, 6.45) is -1.71. The highest BCUT2D eigenvalue weighted by atomic mass is 19.4. The van der Waals surface area contributed by atoms with Crippen molar-refractivity contribution in [3.8, 4) is 0 Å². The summed E-state index contributed by atoms with van der Waals surface area (Å²) in [4.78, 5) is 11.6. The quantitative estimate of drug-likeness (QED) is 0.846. The topological polar surface area (TPSA) is 29.1 Å². The Balaban J connectivity index is 2.08. The molecule has 0 heterocycles. The second kappa shape index (κ2) is 4.39. The molecule has 1 N–H and O–H groups in total. The lowest BCUT2D eigenvalue weighted by Gasteiger charge is -2.24. The van der Waals surface area contributed by atoms with Crippen molar-refractivity contribution in [2.75, 3.05) is 5.32 Å². The van der Waals surface area contributed by atoms with E-state index in [0.29, 0.717) is 0 Å². The molecule has 1 aliphatic carbocycles. The van der Waals surface area contributed by atoms with Crippen LogP contribution in [0.2, 0.25) is 0 Å². The van der Waals surface area contributed by atoms with Crippen LogP contribution in [-0.4, -0.2) is 5.91 Å². The molecule has 92 valence electrons. The van der Waals surface area contributed by atoms with Gasteiger partial charge in [-0.25, -0.2) is 0 Å². The first-order valence-corrected chi connectivity index (χ1v) is 5.45. The van der Waals surface area contributed by atoms with Crippen LogP contribution in [0.5, 0.6) is 0 Å². The van der Waals surface area contributed by atoms with Crippen LogP contribution < -0.4 is 5.32 Å². The molecule has 1 amide bonds. The Kier molecular flexibility index (Phi) is 3.09. The monoisotopic (exact) mass is 243 g/mol. The molecule has 2 rings (SSSR count). The maximum atomic E-state index is 12.4. The number of hydrogen-bond acceptors (Lipinski definition) is 1. The minimum Gasteiger partial charge on any atom is -0.326 e. The number of carbonyl (C=O) groups excluding carboxylic acids is 1. The minimum absolute atomic E-state index is 0.0375. The van der Waals surface area contributed by atoms with E-state index in [1.807, 2.05) is 0 Å². The smallest absolute Gasteiger partial charge is 0.326 e. The van der Waals surface area contributed by atoms with Crippen molar-refractivity contribution in [2.24, 2.45) is 5.92 Å². The molecule has 0 aliphatic heterocycles. The van der Waals surface area contributed by atoms with Gasteiger partial charge in [0.1, 0.15) is 0 Å². The van der Waals surface area contributed by atoms with Gasteiger partial charge in [0.25, 0.3) is 0 Å². The van der Waals surface area contributed by atoms with Crippen molar-refractivity contribution in [2.45, 2.75) is 25.4 Å². The molecule has 0 saturated heterocycles. The summed E-state index contributed by atoms with van der Waals surface area (Å²) < 4.78 is 37.3. The summed E-state index contributed by atoms with van der Waals surface area (Å²) in [6, 6.07) is 4.70. The van der Waals surface area contributed by atoms with Crippen molar-refractivity contribution in [3.05, 3.63) is 29.8 Å². The highest BCUT2D eigenvalue weighted by Crippen LogP contribution is 2.31. The van der Waals surface area contributed by atoms with Crippen LogP contribution in [0.4, 0.5) is 18.9 Å². The first kappa shape index (κ1) is 12.0. The van der Waals surface area contributed by atoms with Gasteiger partial charge in [0.05, 0.1) is 5.56 Å². The standard InChI is InChI=1S/C12H12F3NO/c13-12(14,15)9-5-2-6-10(7-9)16-11(17)8-3-1-4-8/h2,5-8H,1,3-4H2,(H,16,17). The van der Waals surface area contributed by atoms with Crippen LogP contribution in [0.1, 0.15) is 24.8 Å². The fourth-order valence-corrected chi connectivity index (χ4v) is 1.69.